The van der Waals surface area contributed by atoms with Crippen LogP contribution in [0, 0.1) is 0 Å². The van der Waals surface area contributed by atoms with E-state index >= 15 is 0 Å². The van der Waals surface area contributed by atoms with E-state index < -0.39 is 0 Å². The number of nitrogens with one attached hydrogen (secondary N) is 1. The summed E-state index contributed by atoms with van der Waals surface area (Å²) >= 11 is 0. The third-order valence-electron chi connectivity index (χ3n) is 4.03. The van der Waals surface area contributed by atoms with Crippen LogP contribution in [0.15, 0.2) is 59.7 Å². The summed E-state index contributed by atoms with van der Waals surface area (Å²) in [6.45, 7) is 3.32. The Labute approximate surface area is 140 Å². The average molecular weight is 323 g/mol. The summed E-state index contributed by atoms with van der Waals surface area (Å²) in [4.78, 5) is 16.8. The quantitative estimate of drug-likeness (QED) is 0.729. The molecule has 0 radical (unpaired) electrons. The van der Waals surface area contributed by atoms with Gasteiger partial charge < -0.3 is 10.4 Å². The van der Waals surface area contributed by atoms with Gasteiger partial charge in [0.2, 0.25) is 0 Å². The van der Waals surface area contributed by atoms with Gasteiger partial charge in [-0.25, -0.2) is 4.98 Å². The van der Waals surface area contributed by atoms with Gasteiger partial charge in [0.1, 0.15) is 0 Å². The van der Waals surface area contributed by atoms with Gasteiger partial charge in [-0.15, -0.1) is 0 Å². The van der Waals surface area contributed by atoms with Gasteiger partial charge in [-0.1, -0.05) is 36.4 Å². The van der Waals surface area contributed by atoms with Crippen LogP contribution in [0.25, 0.3) is 10.9 Å². The van der Waals surface area contributed by atoms with Crippen LogP contribution < -0.4 is 10.9 Å². The molecule has 1 heterocycles. The molecule has 5 nitrogen and oxygen atoms in total. The Balaban J connectivity index is 1.67. The maximum absolute atomic E-state index is 12.5. The third-order valence-corrected chi connectivity index (χ3v) is 4.03. The van der Waals surface area contributed by atoms with Crippen molar-refractivity contribution in [2.45, 2.75) is 32.7 Å². The van der Waals surface area contributed by atoms with Crippen LogP contribution >= 0.6 is 0 Å². The second-order valence-electron chi connectivity index (χ2n) is 5.98. The van der Waals surface area contributed by atoms with E-state index in [0.29, 0.717) is 18.5 Å². The number of aromatic nitrogens is 2. The molecule has 0 unspecified atom stereocenters. The van der Waals surface area contributed by atoms with Crippen LogP contribution in [-0.4, -0.2) is 20.7 Å². The van der Waals surface area contributed by atoms with E-state index in [1.54, 1.807) is 17.0 Å². The number of rotatable bonds is 6. The highest BCUT2D eigenvalue weighted by molar-refractivity contribution is 5.76. The lowest BCUT2D eigenvalue weighted by molar-refractivity contribution is 0.281. The van der Waals surface area contributed by atoms with E-state index in [2.05, 4.69) is 10.3 Å². The van der Waals surface area contributed by atoms with E-state index in [1.807, 2.05) is 49.4 Å². The van der Waals surface area contributed by atoms with E-state index in [4.69, 9.17) is 0 Å². The standard InChI is InChI=1S/C19H21N3O2/c1-14(20-10-15-5-4-6-16(9-15)12-23)11-22-13-21-18-8-3-2-7-17(18)19(22)24/h2-9,13-14,20,23H,10-12H2,1H3/t14-/m0/s1. The maximum Gasteiger partial charge on any atom is 0.261 e. The van der Waals surface area contributed by atoms with Crippen molar-refractivity contribution >= 4 is 10.9 Å². The minimum Gasteiger partial charge on any atom is -0.392 e. The van der Waals surface area contributed by atoms with Crippen LogP contribution in [0.1, 0.15) is 18.1 Å². The molecule has 2 N–H and O–H groups in total. The Morgan fingerprint density at radius 3 is 2.79 bits per heavy atom. The number of para-hydroxylation sites is 1. The second-order valence-corrected chi connectivity index (χ2v) is 5.98. The number of fused-ring (bicyclic) bond motifs is 1. The highest BCUT2D eigenvalue weighted by Crippen LogP contribution is 2.07. The largest absolute Gasteiger partial charge is 0.392 e. The van der Waals surface area contributed by atoms with Gasteiger partial charge in [0.05, 0.1) is 23.8 Å². The first-order valence-corrected chi connectivity index (χ1v) is 8.03. The van der Waals surface area contributed by atoms with Gasteiger partial charge in [0, 0.05) is 19.1 Å². The molecule has 0 bridgehead atoms. The molecule has 3 aromatic rings. The highest BCUT2D eigenvalue weighted by Gasteiger charge is 2.07. The van der Waals surface area contributed by atoms with E-state index in [1.165, 1.54) is 0 Å². The SMILES string of the molecule is C[C@@H](Cn1cnc2ccccc2c1=O)NCc1cccc(CO)c1. The molecule has 1 aromatic heterocycles. The third kappa shape index (κ3) is 3.69. The van der Waals surface area contributed by atoms with E-state index in [9.17, 15) is 9.90 Å². The smallest absolute Gasteiger partial charge is 0.261 e. The van der Waals surface area contributed by atoms with E-state index in [-0.39, 0.29) is 18.2 Å². The number of nitrogens with zero attached hydrogens (tertiary/aromatic N) is 2. The van der Waals surface area contributed by atoms with Gasteiger partial charge in [0.15, 0.2) is 0 Å². The van der Waals surface area contributed by atoms with Gasteiger partial charge in [-0.3, -0.25) is 9.36 Å². The molecule has 5 heteroatoms. The zero-order chi connectivity index (χ0) is 16.9. The van der Waals surface area contributed by atoms with Crippen molar-refractivity contribution in [2.24, 2.45) is 0 Å². The summed E-state index contributed by atoms with van der Waals surface area (Å²) in [5, 5.41) is 13.2. The Hall–Kier alpha value is -2.50. The number of hydrogen-bond donors (Lipinski definition) is 2. The molecule has 0 aliphatic heterocycles. The number of aliphatic hydroxyl groups excluding tert-OH is 1. The summed E-state index contributed by atoms with van der Waals surface area (Å²) in [6.07, 6.45) is 1.61. The van der Waals surface area contributed by atoms with Crippen molar-refractivity contribution in [3.63, 3.8) is 0 Å². The maximum atomic E-state index is 12.5. The lowest BCUT2D eigenvalue weighted by Crippen LogP contribution is -2.34. The normalized spacial score (nSPS) is 12.4. The van der Waals surface area contributed by atoms with Crippen LogP contribution in [0.3, 0.4) is 0 Å². The number of aliphatic hydroxyl groups is 1. The summed E-state index contributed by atoms with van der Waals surface area (Å²) in [6, 6.07) is 15.3. The lowest BCUT2D eigenvalue weighted by Gasteiger charge is -2.16. The number of benzene rings is 2. The first-order valence-electron chi connectivity index (χ1n) is 8.03. The van der Waals surface area contributed by atoms with Crippen LogP contribution in [0.5, 0.6) is 0 Å². The molecular formula is C19H21N3O2. The zero-order valence-corrected chi connectivity index (χ0v) is 13.6. The Morgan fingerprint density at radius 2 is 1.96 bits per heavy atom. The Morgan fingerprint density at radius 1 is 1.17 bits per heavy atom. The molecule has 24 heavy (non-hydrogen) atoms. The Bertz CT molecular complexity index is 889. The first-order chi connectivity index (χ1) is 11.7. The van der Waals surface area contributed by atoms with Gasteiger partial charge in [-0.05, 0) is 30.2 Å². The fraction of sp³-hybridized carbons (Fsp3) is 0.263. The molecule has 0 amide bonds. The van der Waals surface area contributed by atoms with Crippen molar-refractivity contribution in [1.29, 1.82) is 0 Å². The highest BCUT2D eigenvalue weighted by atomic mass is 16.3. The molecule has 0 saturated carbocycles. The van der Waals surface area contributed by atoms with E-state index in [0.717, 1.165) is 16.6 Å². The van der Waals surface area contributed by atoms with Crippen molar-refractivity contribution < 1.29 is 5.11 Å². The molecule has 0 spiro atoms. The molecule has 3 rings (SSSR count). The van der Waals surface area contributed by atoms with Gasteiger partial charge in [-0.2, -0.15) is 0 Å². The fourth-order valence-electron chi connectivity index (χ4n) is 2.73. The first kappa shape index (κ1) is 16.4. The molecule has 0 aliphatic rings. The van der Waals surface area contributed by atoms with Crippen molar-refractivity contribution in [3.8, 4) is 0 Å². The van der Waals surface area contributed by atoms with Gasteiger partial charge in [0.25, 0.3) is 5.56 Å². The molecule has 2 aromatic carbocycles. The monoisotopic (exact) mass is 323 g/mol. The fourth-order valence-corrected chi connectivity index (χ4v) is 2.73. The molecule has 0 saturated heterocycles. The molecular weight excluding hydrogens is 302 g/mol. The summed E-state index contributed by atoms with van der Waals surface area (Å²) in [7, 11) is 0. The summed E-state index contributed by atoms with van der Waals surface area (Å²) in [5.41, 5.74) is 2.71. The molecule has 0 aliphatic carbocycles. The molecule has 1 atom stereocenters. The minimum absolute atomic E-state index is 0.0171. The Kier molecular flexibility index (Phi) is 5.03. The van der Waals surface area contributed by atoms with Crippen LogP contribution in [-0.2, 0) is 19.7 Å². The second kappa shape index (κ2) is 7.38. The van der Waals surface area contributed by atoms with Crippen molar-refractivity contribution in [1.82, 2.24) is 14.9 Å². The molecule has 124 valence electrons. The number of hydrogen-bond acceptors (Lipinski definition) is 4. The summed E-state index contributed by atoms with van der Waals surface area (Å²) in [5.74, 6) is 0. The van der Waals surface area contributed by atoms with Crippen molar-refractivity contribution in [2.75, 3.05) is 0 Å². The minimum atomic E-state index is -0.0171. The predicted molar refractivity (Wildman–Crippen MR) is 94.7 cm³/mol. The zero-order valence-electron chi connectivity index (χ0n) is 13.6. The molecule has 0 fully saturated rings. The predicted octanol–water partition coefficient (Wildman–Crippen LogP) is 2.07. The topological polar surface area (TPSA) is 67.2 Å². The van der Waals surface area contributed by atoms with Gasteiger partial charge >= 0.3 is 0 Å². The van der Waals surface area contributed by atoms with Crippen molar-refractivity contribution in [3.05, 3.63) is 76.3 Å². The van der Waals surface area contributed by atoms with Crippen LogP contribution in [0.4, 0.5) is 0 Å². The summed E-state index contributed by atoms with van der Waals surface area (Å²) < 4.78 is 1.64. The van der Waals surface area contributed by atoms with Crippen LogP contribution in [0.2, 0.25) is 0 Å². The average Bonchev–Trinajstić information content (AvgIpc) is 2.63. The lowest BCUT2D eigenvalue weighted by atomic mass is 10.1.